The van der Waals surface area contributed by atoms with Crippen molar-refractivity contribution in [1.82, 2.24) is 4.57 Å². The van der Waals surface area contributed by atoms with Gasteiger partial charge in [0.2, 0.25) is 0 Å². The standard InChI is InChI=1S/C19H18N2O4S/c1-6-7-21-14-9-15(23-4)16(24-5)10-17(14)26-19(21)20-18(22)13-8-11(2)25-12(13)3/h1,8-10H,7H2,2-5H3. The van der Waals surface area contributed by atoms with Crippen molar-refractivity contribution in [2.24, 2.45) is 4.99 Å². The average molecular weight is 370 g/mol. The van der Waals surface area contributed by atoms with E-state index in [4.69, 9.17) is 20.3 Å². The quantitative estimate of drug-likeness (QED) is 0.661. The molecule has 0 N–H and O–H groups in total. The lowest BCUT2D eigenvalue weighted by molar-refractivity contribution is 0.0996. The van der Waals surface area contributed by atoms with Crippen LogP contribution in [0.5, 0.6) is 11.5 Å². The fourth-order valence-electron chi connectivity index (χ4n) is 2.72. The second-order valence-electron chi connectivity index (χ2n) is 5.59. The van der Waals surface area contributed by atoms with E-state index >= 15 is 0 Å². The highest BCUT2D eigenvalue weighted by atomic mass is 32.1. The predicted octanol–water partition coefficient (Wildman–Crippen LogP) is 3.30. The number of ether oxygens (including phenoxy) is 2. The fourth-order valence-corrected chi connectivity index (χ4v) is 3.75. The van der Waals surface area contributed by atoms with E-state index in [1.54, 1.807) is 34.1 Å². The van der Waals surface area contributed by atoms with Crippen molar-refractivity contribution >= 4 is 27.5 Å². The molecule has 0 atom stereocenters. The zero-order chi connectivity index (χ0) is 18.8. The largest absolute Gasteiger partial charge is 0.493 e. The molecule has 0 aliphatic rings. The highest BCUT2D eigenvalue weighted by Gasteiger charge is 2.16. The third-order valence-corrected chi connectivity index (χ3v) is 4.95. The number of terminal acetylenes is 1. The van der Waals surface area contributed by atoms with Crippen molar-refractivity contribution in [1.29, 1.82) is 0 Å². The van der Waals surface area contributed by atoms with E-state index in [1.165, 1.54) is 11.3 Å². The summed E-state index contributed by atoms with van der Waals surface area (Å²) in [6, 6.07) is 5.37. The molecule has 2 heterocycles. The van der Waals surface area contributed by atoms with E-state index in [1.807, 2.05) is 16.7 Å². The molecule has 7 heteroatoms. The molecular formula is C19H18N2O4S. The molecule has 3 rings (SSSR count). The van der Waals surface area contributed by atoms with Crippen LogP contribution in [0.3, 0.4) is 0 Å². The topological polar surface area (TPSA) is 66.0 Å². The normalized spacial score (nSPS) is 11.6. The van der Waals surface area contributed by atoms with E-state index < -0.39 is 0 Å². The number of thiazole rings is 1. The molecule has 0 radical (unpaired) electrons. The van der Waals surface area contributed by atoms with Gasteiger partial charge >= 0.3 is 0 Å². The van der Waals surface area contributed by atoms with Crippen LogP contribution < -0.4 is 14.3 Å². The van der Waals surface area contributed by atoms with Gasteiger partial charge < -0.3 is 18.5 Å². The molecule has 0 spiro atoms. The van der Waals surface area contributed by atoms with Crippen LogP contribution >= 0.6 is 11.3 Å². The third kappa shape index (κ3) is 3.11. The molecule has 1 amide bonds. The molecule has 0 aliphatic heterocycles. The maximum absolute atomic E-state index is 12.6. The minimum atomic E-state index is -0.365. The van der Waals surface area contributed by atoms with Gasteiger partial charge in [-0.05, 0) is 19.9 Å². The minimum absolute atomic E-state index is 0.283. The number of carbonyl (C=O) groups excluding carboxylic acids is 1. The van der Waals surface area contributed by atoms with Gasteiger partial charge in [0.15, 0.2) is 16.3 Å². The Kier molecular flexibility index (Phi) is 4.87. The number of aryl methyl sites for hydroxylation is 2. The Balaban J connectivity index is 2.21. The van der Waals surface area contributed by atoms with Crippen LogP contribution in [0.4, 0.5) is 0 Å². The van der Waals surface area contributed by atoms with Crippen molar-refractivity contribution in [3.63, 3.8) is 0 Å². The highest BCUT2D eigenvalue weighted by Crippen LogP contribution is 2.33. The van der Waals surface area contributed by atoms with Crippen LogP contribution in [0.25, 0.3) is 10.2 Å². The zero-order valence-electron chi connectivity index (χ0n) is 15.0. The number of furan rings is 1. The zero-order valence-corrected chi connectivity index (χ0v) is 15.8. The molecule has 0 unspecified atom stereocenters. The molecule has 2 aromatic heterocycles. The first kappa shape index (κ1) is 17.8. The van der Waals surface area contributed by atoms with Gasteiger partial charge in [-0.1, -0.05) is 17.3 Å². The monoisotopic (exact) mass is 370 g/mol. The van der Waals surface area contributed by atoms with Gasteiger partial charge in [0.1, 0.15) is 11.5 Å². The molecule has 0 saturated carbocycles. The number of aromatic nitrogens is 1. The van der Waals surface area contributed by atoms with Gasteiger partial charge in [-0.3, -0.25) is 4.79 Å². The Morgan fingerprint density at radius 3 is 2.54 bits per heavy atom. The summed E-state index contributed by atoms with van der Waals surface area (Å²) in [6.07, 6.45) is 5.51. The molecule has 0 aliphatic carbocycles. The Labute approximate surface area is 154 Å². The first-order valence-corrected chi connectivity index (χ1v) is 8.65. The third-order valence-electron chi connectivity index (χ3n) is 3.91. The Hall–Kier alpha value is -2.98. The number of nitrogens with zero attached hydrogens (tertiary/aromatic N) is 2. The number of methoxy groups -OCH3 is 2. The number of hydrogen-bond donors (Lipinski definition) is 0. The lowest BCUT2D eigenvalue weighted by Gasteiger charge is -2.08. The summed E-state index contributed by atoms with van der Waals surface area (Å²) in [4.78, 5) is 17.4. The summed E-state index contributed by atoms with van der Waals surface area (Å²) >= 11 is 1.36. The van der Waals surface area contributed by atoms with Gasteiger partial charge in [0.25, 0.3) is 5.91 Å². The minimum Gasteiger partial charge on any atom is -0.493 e. The summed E-state index contributed by atoms with van der Waals surface area (Å²) in [6.45, 7) is 3.82. The van der Waals surface area contributed by atoms with Gasteiger partial charge in [-0.2, -0.15) is 4.99 Å². The summed E-state index contributed by atoms with van der Waals surface area (Å²) in [5.74, 6) is 4.65. The van der Waals surface area contributed by atoms with Crippen LogP contribution in [-0.2, 0) is 6.54 Å². The molecule has 6 nitrogen and oxygen atoms in total. The van der Waals surface area contributed by atoms with Crippen LogP contribution in [0.1, 0.15) is 21.9 Å². The second kappa shape index (κ2) is 7.10. The molecule has 3 aromatic rings. The molecule has 0 fully saturated rings. The molecule has 0 bridgehead atoms. The smallest absolute Gasteiger partial charge is 0.283 e. The van der Waals surface area contributed by atoms with E-state index in [0.717, 1.165) is 10.2 Å². The van der Waals surface area contributed by atoms with Crippen LogP contribution in [0.15, 0.2) is 27.6 Å². The van der Waals surface area contributed by atoms with Gasteiger partial charge in [-0.15, -0.1) is 6.42 Å². The van der Waals surface area contributed by atoms with Crippen molar-refractivity contribution in [2.75, 3.05) is 14.2 Å². The Morgan fingerprint density at radius 1 is 1.27 bits per heavy atom. The summed E-state index contributed by atoms with van der Waals surface area (Å²) < 4.78 is 18.8. The fraction of sp³-hybridized carbons (Fsp3) is 0.263. The van der Waals surface area contributed by atoms with Gasteiger partial charge in [-0.25, -0.2) is 0 Å². The predicted molar refractivity (Wildman–Crippen MR) is 99.8 cm³/mol. The Bertz CT molecular complexity index is 1100. The maximum Gasteiger partial charge on any atom is 0.283 e. The van der Waals surface area contributed by atoms with Crippen LogP contribution in [-0.4, -0.2) is 24.7 Å². The molecular weight excluding hydrogens is 352 g/mol. The van der Waals surface area contributed by atoms with Crippen molar-refractivity contribution in [2.45, 2.75) is 20.4 Å². The summed E-state index contributed by atoms with van der Waals surface area (Å²) in [5, 5.41) is 0. The molecule has 26 heavy (non-hydrogen) atoms. The van der Waals surface area contributed by atoms with Crippen molar-refractivity contribution in [3.05, 3.63) is 40.1 Å². The molecule has 1 aromatic carbocycles. The number of rotatable bonds is 4. The van der Waals surface area contributed by atoms with Crippen LogP contribution in [0, 0.1) is 26.2 Å². The van der Waals surface area contributed by atoms with Crippen LogP contribution in [0.2, 0.25) is 0 Å². The average Bonchev–Trinajstić information content (AvgIpc) is 3.13. The van der Waals surface area contributed by atoms with Crippen molar-refractivity contribution in [3.8, 4) is 23.8 Å². The molecule has 0 saturated heterocycles. The van der Waals surface area contributed by atoms with E-state index in [-0.39, 0.29) is 12.5 Å². The number of fused-ring (bicyclic) bond motifs is 1. The number of benzene rings is 1. The summed E-state index contributed by atoms with van der Waals surface area (Å²) in [5.41, 5.74) is 1.28. The number of amides is 1. The SMILES string of the molecule is C#CCn1c(=NC(=O)c2cc(C)oc2C)sc2cc(OC)c(OC)cc21. The highest BCUT2D eigenvalue weighted by molar-refractivity contribution is 7.16. The lowest BCUT2D eigenvalue weighted by Crippen LogP contribution is -2.16. The van der Waals surface area contributed by atoms with Crippen molar-refractivity contribution < 1.29 is 18.7 Å². The van der Waals surface area contributed by atoms with E-state index in [2.05, 4.69) is 10.9 Å². The first-order chi connectivity index (χ1) is 12.5. The maximum atomic E-state index is 12.6. The molecule has 134 valence electrons. The van der Waals surface area contributed by atoms with Gasteiger partial charge in [0.05, 0.1) is 36.5 Å². The number of hydrogen-bond acceptors (Lipinski definition) is 5. The lowest BCUT2D eigenvalue weighted by atomic mass is 10.2. The summed E-state index contributed by atoms with van der Waals surface area (Å²) in [7, 11) is 3.14. The number of carbonyl (C=O) groups is 1. The Morgan fingerprint density at radius 2 is 1.96 bits per heavy atom. The van der Waals surface area contributed by atoms with E-state index in [9.17, 15) is 4.79 Å². The van der Waals surface area contributed by atoms with E-state index in [0.29, 0.717) is 33.4 Å². The second-order valence-corrected chi connectivity index (χ2v) is 6.60. The van der Waals surface area contributed by atoms with Gasteiger partial charge in [0, 0.05) is 12.1 Å². The first-order valence-electron chi connectivity index (χ1n) is 7.83.